The van der Waals surface area contributed by atoms with E-state index in [9.17, 15) is 0 Å². The van der Waals surface area contributed by atoms with Gasteiger partial charge >= 0.3 is 0 Å². The van der Waals surface area contributed by atoms with Crippen molar-refractivity contribution in [3.05, 3.63) is 40.2 Å². The molecule has 0 aliphatic rings. The predicted molar refractivity (Wildman–Crippen MR) is 73.7 cm³/mol. The topological polar surface area (TPSA) is 66.6 Å². The zero-order valence-corrected chi connectivity index (χ0v) is 10.6. The number of benzene rings is 1. The lowest BCUT2D eigenvalue weighted by atomic mass is 10.2. The Kier molecular flexibility index (Phi) is 2.66. The van der Waals surface area contributed by atoms with Gasteiger partial charge in [-0.25, -0.2) is 0 Å². The molecule has 3 rings (SSSR count). The molecule has 18 heavy (non-hydrogen) atoms. The molecule has 2 aromatic heterocycles. The molecule has 90 valence electrons. The lowest BCUT2D eigenvalue weighted by Crippen LogP contribution is -2.10. The first-order chi connectivity index (χ1) is 8.79. The maximum atomic E-state index is 8.45. The Balaban J connectivity index is 2.17. The fourth-order valence-corrected chi connectivity index (χ4v) is 2.93. The van der Waals surface area contributed by atoms with Crippen LogP contribution in [-0.4, -0.2) is 15.8 Å². The SMILES string of the molecule is C[C@@H](Cn1ncc2ccc3sccc3c21)N=[N+]=[N-]. The molecule has 0 bridgehead atoms. The molecule has 0 aliphatic carbocycles. The standard InChI is InChI=1S/C12H11N5S/c1-8(15-16-13)7-17-12-9(6-14-17)2-3-11-10(12)4-5-18-11/h2-6,8H,7H2,1H3/t8-/m0/s1. The Morgan fingerprint density at radius 1 is 1.50 bits per heavy atom. The normalized spacial score (nSPS) is 12.7. The van der Waals surface area contributed by atoms with E-state index < -0.39 is 0 Å². The zero-order chi connectivity index (χ0) is 12.5. The first kappa shape index (κ1) is 11.1. The fraction of sp³-hybridized carbons (Fsp3) is 0.250. The molecule has 2 heterocycles. The van der Waals surface area contributed by atoms with E-state index >= 15 is 0 Å². The smallest absolute Gasteiger partial charge is 0.0769 e. The summed E-state index contributed by atoms with van der Waals surface area (Å²) < 4.78 is 3.17. The Hall–Kier alpha value is -2.04. The van der Waals surface area contributed by atoms with Crippen LogP contribution < -0.4 is 0 Å². The summed E-state index contributed by atoms with van der Waals surface area (Å²) in [6, 6.07) is 6.20. The van der Waals surface area contributed by atoms with Gasteiger partial charge in [-0.1, -0.05) is 12.0 Å². The third-order valence-electron chi connectivity index (χ3n) is 2.92. The van der Waals surface area contributed by atoms with Crippen LogP contribution in [-0.2, 0) is 6.54 Å². The Bertz CT molecular complexity index is 750. The minimum atomic E-state index is -0.105. The quantitative estimate of drug-likeness (QED) is 0.398. The third-order valence-corrected chi connectivity index (χ3v) is 3.80. The Morgan fingerprint density at radius 3 is 3.22 bits per heavy atom. The maximum Gasteiger partial charge on any atom is 0.0769 e. The summed E-state index contributed by atoms with van der Waals surface area (Å²) in [6.45, 7) is 2.49. The molecule has 0 saturated carbocycles. The van der Waals surface area contributed by atoms with Crippen LogP contribution >= 0.6 is 11.3 Å². The highest BCUT2D eigenvalue weighted by molar-refractivity contribution is 7.17. The molecule has 1 aromatic carbocycles. The van der Waals surface area contributed by atoms with E-state index in [-0.39, 0.29) is 6.04 Å². The molecule has 0 spiro atoms. The van der Waals surface area contributed by atoms with Gasteiger partial charge in [-0.3, -0.25) is 4.68 Å². The van der Waals surface area contributed by atoms with Gasteiger partial charge in [-0.2, -0.15) is 5.10 Å². The van der Waals surface area contributed by atoms with Crippen molar-refractivity contribution < 1.29 is 0 Å². The Labute approximate surface area is 107 Å². The summed E-state index contributed by atoms with van der Waals surface area (Å²) in [7, 11) is 0. The van der Waals surface area contributed by atoms with Crippen LogP contribution in [0.4, 0.5) is 0 Å². The number of azide groups is 1. The molecule has 3 aromatic rings. The molecule has 0 aliphatic heterocycles. The van der Waals surface area contributed by atoms with Gasteiger partial charge in [0.2, 0.25) is 0 Å². The Morgan fingerprint density at radius 2 is 2.39 bits per heavy atom. The van der Waals surface area contributed by atoms with Crippen molar-refractivity contribution in [3.8, 4) is 0 Å². The van der Waals surface area contributed by atoms with Crippen molar-refractivity contribution in [1.29, 1.82) is 0 Å². The van der Waals surface area contributed by atoms with E-state index in [4.69, 9.17) is 5.53 Å². The van der Waals surface area contributed by atoms with E-state index in [1.54, 1.807) is 11.3 Å². The lowest BCUT2D eigenvalue weighted by Gasteiger charge is -2.07. The van der Waals surface area contributed by atoms with Crippen LogP contribution in [0.25, 0.3) is 31.4 Å². The minimum Gasteiger partial charge on any atom is -0.264 e. The molecule has 5 nitrogen and oxygen atoms in total. The summed E-state index contributed by atoms with van der Waals surface area (Å²) in [6.07, 6.45) is 1.86. The fourth-order valence-electron chi connectivity index (χ4n) is 2.14. The molecular formula is C12H11N5S. The summed E-state index contributed by atoms with van der Waals surface area (Å²) in [5.74, 6) is 0. The number of fused-ring (bicyclic) bond motifs is 3. The average molecular weight is 257 g/mol. The number of hydrogen-bond donors (Lipinski definition) is 0. The predicted octanol–water partition coefficient (Wildman–Crippen LogP) is 3.95. The zero-order valence-electron chi connectivity index (χ0n) is 9.82. The van der Waals surface area contributed by atoms with Gasteiger partial charge in [0.1, 0.15) is 0 Å². The van der Waals surface area contributed by atoms with E-state index in [0.29, 0.717) is 6.54 Å². The third kappa shape index (κ3) is 1.72. The van der Waals surface area contributed by atoms with E-state index in [1.165, 1.54) is 10.1 Å². The molecule has 0 radical (unpaired) electrons. The van der Waals surface area contributed by atoms with Gasteiger partial charge in [-0.15, -0.1) is 11.3 Å². The van der Waals surface area contributed by atoms with Gasteiger partial charge in [-0.05, 0) is 29.1 Å². The van der Waals surface area contributed by atoms with Gasteiger partial charge in [0.25, 0.3) is 0 Å². The number of aromatic nitrogens is 2. The molecule has 1 atom stereocenters. The molecule has 0 N–H and O–H groups in total. The highest BCUT2D eigenvalue weighted by atomic mass is 32.1. The van der Waals surface area contributed by atoms with Gasteiger partial charge in [0.15, 0.2) is 0 Å². The number of hydrogen-bond acceptors (Lipinski definition) is 3. The van der Waals surface area contributed by atoms with Crippen LogP contribution in [0.3, 0.4) is 0 Å². The average Bonchev–Trinajstić information content (AvgIpc) is 2.94. The second-order valence-corrected chi connectivity index (χ2v) is 5.16. The van der Waals surface area contributed by atoms with Crippen molar-refractivity contribution in [1.82, 2.24) is 9.78 Å². The second kappa shape index (κ2) is 4.33. The highest BCUT2D eigenvalue weighted by Gasteiger charge is 2.09. The summed E-state index contributed by atoms with van der Waals surface area (Å²) in [4.78, 5) is 2.83. The first-order valence-corrected chi connectivity index (χ1v) is 6.53. The van der Waals surface area contributed by atoms with Crippen molar-refractivity contribution in [3.63, 3.8) is 0 Å². The van der Waals surface area contributed by atoms with Gasteiger partial charge < -0.3 is 0 Å². The van der Waals surface area contributed by atoms with Crippen molar-refractivity contribution >= 4 is 32.3 Å². The molecule has 0 saturated heterocycles. The van der Waals surface area contributed by atoms with Crippen molar-refractivity contribution in [2.75, 3.05) is 0 Å². The maximum absolute atomic E-state index is 8.45. The van der Waals surface area contributed by atoms with Crippen LogP contribution in [0, 0.1) is 0 Å². The first-order valence-electron chi connectivity index (χ1n) is 5.65. The van der Waals surface area contributed by atoms with Crippen LogP contribution in [0.2, 0.25) is 0 Å². The molecular weight excluding hydrogens is 246 g/mol. The summed E-state index contributed by atoms with van der Waals surface area (Å²) >= 11 is 1.72. The summed E-state index contributed by atoms with van der Waals surface area (Å²) in [5.41, 5.74) is 9.57. The number of nitrogens with zero attached hydrogens (tertiary/aromatic N) is 5. The second-order valence-electron chi connectivity index (χ2n) is 4.22. The molecule has 0 fully saturated rings. The van der Waals surface area contributed by atoms with Gasteiger partial charge in [0, 0.05) is 26.9 Å². The molecule has 0 amide bonds. The monoisotopic (exact) mass is 257 g/mol. The van der Waals surface area contributed by atoms with E-state index in [2.05, 4.69) is 38.7 Å². The van der Waals surface area contributed by atoms with Crippen LogP contribution in [0.5, 0.6) is 0 Å². The molecule has 0 unspecified atom stereocenters. The number of rotatable bonds is 3. The molecule has 6 heteroatoms. The number of thiophene rings is 1. The highest BCUT2D eigenvalue weighted by Crippen LogP contribution is 2.29. The largest absolute Gasteiger partial charge is 0.264 e. The van der Waals surface area contributed by atoms with Crippen molar-refractivity contribution in [2.24, 2.45) is 5.11 Å². The van der Waals surface area contributed by atoms with Gasteiger partial charge in [0.05, 0.1) is 17.8 Å². The minimum absolute atomic E-state index is 0.105. The lowest BCUT2D eigenvalue weighted by molar-refractivity contribution is 0.552. The summed E-state index contributed by atoms with van der Waals surface area (Å²) in [5, 5.41) is 12.5. The van der Waals surface area contributed by atoms with Crippen molar-refractivity contribution in [2.45, 2.75) is 19.5 Å². The van der Waals surface area contributed by atoms with E-state index in [1.807, 2.05) is 17.8 Å². The van der Waals surface area contributed by atoms with Crippen LogP contribution in [0.15, 0.2) is 34.9 Å². The van der Waals surface area contributed by atoms with Crippen LogP contribution in [0.1, 0.15) is 6.92 Å². The van der Waals surface area contributed by atoms with E-state index in [0.717, 1.165) is 10.9 Å².